The van der Waals surface area contributed by atoms with E-state index < -0.39 is 0 Å². The van der Waals surface area contributed by atoms with E-state index in [-0.39, 0.29) is 5.28 Å². The molecule has 1 aromatic heterocycles. The lowest BCUT2D eigenvalue weighted by atomic mass is 10.3. The molecule has 0 atom stereocenters. The molecule has 2 aromatic rings. The molecule has 18 heavy (non-hydrogen) atoms. The molecule has 0 spiro atoms. The van der Waals surface area contributed by atoms with Crippen molar-refractivity contribution in [2.75, 3.05) is 11.1 Å². The van der Waals surface area contributed by atoms with Crippen LogP contribution in [0, 0.1) is 0 Å². The van der Waals surface area contributed by atoms with Crippen LogP contribution in [0.15, 0.2) is 35.4 Å². The van der Waals surface area contributed by atoms with Gasteiger partial charge in [-0.1, -0.05) is 30.7 Å². The minimum atomic E-state index is 0.169. The first kappa shape index (κ1) is 13.5. The van der Waals surface area contributed by atoms with E-state index in [2.05, 4.69) is 22.2 Å². The number of para-hydroxylation sites is 1. The Morgan fingerprint density at radius 2 is 2.06 bits per heavy atom. The lowest BCUT2D eigenvalue weighted by molar-refractivity contribution is 1.16. The first-order chi connectivity index (χ1) is 8.70. The standard InChI is InChI=1S/C12H11Cl2N3S/c1-2-18-10-6-4-3-5-9(10)16-11-8(13)7-15-12(14)17-11/h3-7H,2H2,1H3,(H,15,16,17). The van der Waals surface area contributed by atoms with Crippen molar-refractivity contribution >= 4 is 46.5 Å². The van der Waals surface area contributed by atoms with Crippen LogP contribution in [0.3, 0.4) is 0 Å². The van der Waals surface area contributed by atoms with E-state index in [9.17, 15) is 0 Å². The molecule has 0 bridgehead atoms. The molecule has 0 saturated carbocycles. The summed E-state index contributed by atoms with van der Waals surface area (Å²) in [4.78, 5) is 9.03. The maximum absolute atomic E-state index is 6.02. The highest BCUT2D eigenvalue weighted by molar-refractivity contribution is 7.99. The summed E-state index contributed by atoms with van der Waals surface area (Å²) in [6, 6.07) is 7.98. The predicted octanol–water partition coefficient (Wildman–Crippen LogP) is 4.64. The number of aromatic nitrogens is 2. The SMILES string of the molecule is CCSc1ccccc1Nc1nc(Cl)ncc1Cl. The van der Waals surface area contributed by atoms with Gasteiger partial charge in [0.05, 0.1) is 11.9 Å². The summed E-state index contributed by atoms with van der Waals surface area (Å²) in [5.74, 6) is 1.51. The minimum absolute atomic E-state index is 0.169. The van der Waals surface area contributed by atoms with Crippen LogP contribution in [0.4, 0.5) is 11.5 Å². The quantitative estimate of drug-likeness (QED) is 0.659. The zero-order valence-electron chi connectivity index (χ0n) is 9.65. The zero-order valence-corrected chi connectivity index (χ0v) is 12.0. The Morgan fingerprint density at radius 3 is 2.83 bits per heavy atom. The van der Waals surface area contributed by atoms with Gasteiger partial charge in [-0.15, -0.1) is 11.8 Å². The zero-order chi connectivity index (χ0) is 13.0. The Morgan fingerprint density at radius 1 is 1.28 bits per heavy atom. The highest BCUT2D eigenvalue weighted by Crippen LogP contribution is 2.31. The molecular weight excluding hydrogens is 289 g/mol. The molecule has 1 heterocycles. The van der Waals surface area contributed by atoms with Gasteiger partial charge in [-0.25, -0.2) is 4.98 Å². The third kappa shape index (κ3) is 3.28. The second-order valence-electron chi connectivity index (χ2n) is 3.39. The van der Waals surface area contributed by atoms with E-state index in [0.717, 1.165) is 16.3 Å². The molecule has 0 fully saturated rings. The lowest BCUT2D eigenvalue weighted by Gasteiger charge is -2.11. The van der Waals surface area contributed by atoms with Crippen molar-refractivity contribution in [1.82, 2.24) is 9.97 Å². The molecule has 0 radical (unpaired) electrons. The molecule has 94 valence electrons. The molecule has 0 unspecified atom stereocenters. The first-order valence-corrected chi connectivity index (χ1v) is 7.11. The fourth-order valence-electron chi connectivity index (χ4n) is 1.41. The number of nitrogens with one attached hydrogen (secondary N) is 1. The highest BCUT2D eigenvalue weighted by Gasteiger charge is 2.07. The number of nitrogens with zero attached hydrogens (tertiary/aromatic N) is 2. The normalized spacial score (nSPS) is 10.4. The van der Waals surface area contributed by atoms with Crippen molar-refractivity contribution < 1.29 is 0 Å². The first-order valence-electron chi connectivity index (χ1n) is 5.37. The van der Waals surface area contributed by atoms with Gasteiger partial charge in [-0.3, -0.25) is 0 Å². The maximum Gasteiger partial charge on any atom is 0.224 e. The van der Waals surface area contributed by atoms with Gasteiger partial charge >= 0.3 is 0 Å². The summed E-state index contributed by atoms with van der Waals surface area (Å²) < 4.78 is 0. The average molecular weight is 300 g/mol. The number of halogens is 2. The Hall–Kier alpha value is -0.970. The number of anilines is 2. The fraction of sp³-hybridized carbons (Fsp3) is 0.167. The highest BCUT2D eigenvalue weighted by atomic mass is 35.5. The number of thioether (sulfide) groups is 1. The van der Waals surface area contributed by atoms with Crippen LogP contribution in [-0.4, -0.2) is 15.7 Å². The minimum Gasteiger partial charge on any atom is -0.338 e. The third-order valence-corrected chi connectivity index (χ3v) is 3.57. The second kappa shape index (κ2) is 6.27. The summed E-state index contributed by atoms with van der Waals surface area (Å²) in [6.07, 6.45) is 1.48. The van der Waals surface area contributed by atoms with Crippen molar-refractivity contribution in [3.63, 3.8) is 0 Å². The van der Waals surface area contributed by atoms with Gasteiger partial charge < -0.3 is 5.32 Å². The molecule has 0 aliphatic carbocycles. The topological polar surface area (TPSA) is 37.8 Å². The lowest BCUT2D eigenvalue weighted by Crippen LogP contribution is -1.97. The monoisotopic (exact) mass is 299 g/mol. The Kier molecular flexibility index (Phi) is 4.69. The Labute approximate surface area is 120 Å². The van der Waals surface area contributed by atoms with Crippen LogP contribution >= 0.6 is 35.0 Å². The average Bonchev–Trinajstić information content (AvgIpc) is 2.36. The van der Waals surface area contributed by atoms with Crippen molar-refractivity contribution in [3.05, 3.63) is 40.8 Å². The fourth-order valence-corrected chi connectivity index (χ4v) is 2.44. The van der Waals surface area contributed by atoms with Crippen LogP contribution in [0.1, 0.15) is 6.92 Å². The van der Waals surface area contributed by atoms with Crippen LogP contribution in [0.5, 0.6) is 0 Å². The summed E-state index contributed by atoms with van der Waals surface area (Å²) in [7, 11) is 0. The van der Waals surface area contributed by atoms with Gasteiger partial charge in [0.25, 0.3) is 0 Å². The van der Waals surface area contributed by atoms with Crippen molar-refractivity contribution in [1.29, 1.82) is 0 Å². The van der Waals surface area contributed by atoms with Crippen molar-refractivity contribution in [2.24, 2.45) is 0 Å². The van der Waals surface area contributed by atoms with E-state index in [1.54, 1.807) is 11.8 Å². The van der Waals surface area contributed by atoms with Gasteiger partial charge in [0, 0.05) is 4.90 Å². The Bertz CT molecular complexity index is 549. The van der Waals surface area contributed by atoms with Crippen LogP contribution in [0.2, 0.25) is 10.3 Å². The molecule has 0 amide bonds. The van der Waals surface area contributed by atoms with E-state index in [1.165, 1.54) is 6.20 Å². The number of hydrogen-bond acceptors (Lipinski definition) is 4. The molecule has 0 saturated heterocycles. The van der Waals surface area contributed by atoms with Crippen LogP contribution < -0.4 is 5.32 Å². The molecule has 0 aliphatic heterocycles. The van der Waals surface area contributed by atoms with E-state index in [1.807, 2.05) is 24.3 Å². The smallest absolute Gasteiger partial charge is 0.224 e. The van der Waals surface area contributed by atoms with E-state index in [0.29, 0.717) is 10.8 Å². The number of hydrogen-bond donors (Lipinski definition) is 1. The molecule has 3 nitrogen and oxygen atoms in total. The molecule has 2 rings (SSSR count). The van der Waals surface area contributed by atoms with Gasteiger partial charge in [0.15, 0.2) is 5.82 Å². The summed E-state index contributed by atoms with van der Waals surface area (Å²) >= 11 is 13.5. The van der Waals surface area contributed by atoms with Gasteiger partial charge in [0.2, 0.25) is 5.28 Å². The summed E-state index contributed by atoms with van der Waals surface area (Å²) in [5, 5.41) is 3.79. The van der Waals surface area contributed by atoms with Gasteiger partial charge in [-0.2, -0.15) is 4.98 Å². The Balaban J connectivity index is 2.30. The summed E-state index contributed by atoms with van der Waals surface area (Å²) in [6.45, 7) is 2.11. The largest absolute Gasteiger partial charge is 0.338 e. The van der Waals surface area contributed by atoms with Crippen LogP contribution in [-0.2, 0) is 0 Å². The molecule has 1 aromatic carbocycles. The molecule has 0 aliphatic rings. The van der Waals surface area contributed by atoms with E-state index >= 15 is 0 Å². The van der Waals surface area contributed by atoms with Crippen molar-refractivity contribution in [3.8, 4) is 0 Å². The van der Waals surface area contributed by atoms with Gasteiger partial charge in [-0.05, 0) is 29.5 Å². The second-order valence-corrected chi connectivity index (χ2v) is 5.44. The number of rotatable bonds is 4. The molecular formula is C12H11Cl2N3S. The predicted molar refractivity (Wildman–Crippen MR) is 78.2 cm³/mol. The van der Waals surface area contributed by atoms with Gasteiger partial charge in [0.1, 0.15) is 5.02 Å². The third-order valence-electron chi connectivity index (χ3n) is 2.15. The van der Waals surface area contributed by atoms with Crippen LogP contribution in [0.25, 0.3) is 0 Å². The molecule has 1 N–H and O–H groups in total. The molecule has 6 heteroatoms. The summed E-state index contributed by atoms with van der Waals surface area (Å²) in [5.41, 5.74) is 0.959. The number of benzene rings is 1. The maximum atomic E-state index is 6.02. The van der Waals surface area contributed by atoms with E-state index in [4.69, 9.17) is 23.2 Å². The van der Waals surface area contributed by atoms with Crippen molar-refractivity contribution in [2.45, 2.75) is 11.8 Å².